The van der Waals surface area contributed by atoms with Crippen molar-refractivity contribution in [3.8, 4) is 0 Å². The Hall–Kier alpha value is -0.810. The molecule has 0 saturated carbocycles. The van der Waals surface area contributed by atoms with E-state index in [-0.39, 0.29) is 0 Å². The predicted molar refractivity (Wildman–Crippen MR) is 67.4 cm³/mol. The van der Waals surface area contributed by atoms with Crippen LogP contribution in [0.3, 0.4) is 0 Å². The van der Waals surface area contributed by atoms with Crippen molar-refractivity contribution < 1.29 is 0 Å². The Morgan fingerprint density at radius 2 is 2.06 bits per heavy atom. The van der Waals surface area contributed by atoms with E-state index in [1.165, 1.54) is 0 Å². The van der Waals surface area contributed by atoms with Gasteiger partial charge in [0, 0.05) is 17.9 Å². The molecular weight excluding hydrogens is 244 g/mol. The van der Waals surface area contributed by atoms with Crippen LogP contribution in [0, 0.1) is 13.8 Å². The summed E-state index contributed by atoms with van der Waals surface area (Å²) in [7, 11) is 0. The van der Waals surface area contributed by atoms with E-state index in [4.69, 9.17) is 11.6 Å². The number of thioether (sulfide) groups is 1. The Morgan fingerprint density at radius 3 is 2.75 bits per heavy atom. The number of aryl methyl sites for hydroxylation is 3. The number of nitrogens with zero attached hydrogens (tertiary/aromatic N) is 4. The minimum absolute atomic E-state index is 0.422. The molecule has 0 aliphatic carbocycles. The van der Waals surface area contributed by atoms with Crippen LogP contribution in [-0.4, -0.2) is 31.6 Å². The highest BCUT2D eigenvalue weighted by atomic mass is 35.5. The van der Waals surface area contributed by atoms with Crippen LogP contribution >= 0.6 is 23.4 Å². The molecule has 2 aromatic rings. The number of rotatable bonds is 3. The SMILES string of the molecule is CSCCc1nnc2c(Cl)nc(C)c(C)n12. The summed E-state index contributed by atoms with van der Waals surface area (Å²) in [4.78, 5) is 4.23. The van der Waals surface area contributed by atoms with Crippen LogP contribution in [0.4, 0.5) is 0 Å². The second-order valence-corrected chi connectivity index (χ2v) is 4.94. The highest BCUT2D eigenvalue weighted by Gasteiger charge is 2.13. The highest BCUT2D eigenvalue weighted by Crippen LogP contribution is 2.18. The van der Waals surface area contributed by atoms with Crippen molar-refractivity contribution in [2.45, 2.75) is 20.3 Å². The molecular formula is C10H13ClN4S. The van der Waals surface area contributed by atoms with Crippen molar-refractivity contribution >= 4 is 29.0 Å². The zero-order valence-corrected chi connectivity index (χ0v) is 11.1. The molecule has 86 valence electrons. The van der Waals surface area contributed by atoms with Gasteiger partial charge in [-0.2, -0.15) is 11.8 Å². The Labute approximate surface area is 103 Å². The first kappa shape index (κ1) is 11.7. The lowest BCUT2D eigenvalue weighted by Gasteiger charge is -2.06. The summed E-state index contributed by atoms with van der Waals surface area (Å²) in [5, 5.41) is 8.68. The normalized spacial score (nSPS) is 11.2. The average molecular weight is 257 g/mol. The van der Waals surface area contributed by atoms with E-state index in [0.29, 0.717) is 10.8 Å². The molecule has 0 fully saturated rings. The standard InChI is InChI=1S/C10H13ClN4S/c1-6-7(2)15-8(4-5-16-3)13-14-10(15)9(11)12-6/h4-5H2,1-3H3. The third-order valence-corrected chi connectivity index (χ3v) is 3.44. The molecule has 0 unspecified atom stereocenters. The Morgan fingerprint density at radius 1 is 1.31 bits per heavy atom. The molecule has 2 rings (SSSR count). The van der Waals surface area contributed by atoms with Gasteiger partial charge in [-0.25, -0.2) is 4.98 Å². The fourth-order valence-corrected chi connectivity index (χ4v) is 2.23. The van der Waals surface area contributed by atoms with Gasteiger partial charge in [-0.3, -0.25) is 4.40 Å². The first-order valence-corrected chi connectivity index (χ1v) is 6.78. The van der Waals surface area contributed by atoms with E-state index >= 15 is 0 Å². The summed E-state index contributed by atoms with van der Waals surface area (Å²) in [6.07, 6.45) is 2.97. The lowest BCUT2D eigenvalue weighted by molar-refractivity contribution is 0.882. The molecule has 0 aromatic carbocycles. The summed E-state index contributed by atoms with van der Waals surface area (Å²) < 4.78 is 2.00. The molecule has 4 nitrogen and oxygen atoms in total. The fourth-order valence-electron chi connectivity index (χ4n) is 1.60. The van der Waals surface area contributed by atoms with Crippen LogP contribution in [0.2, 0.25) is 5.15 Å². The Bertz CT molecular complexity index is 523. The zero-order chi connectivity index (χ0) is 11.7. The van der Waals surface area contributed by atoms with Crippen molar-refractivity contribution in [1.82, 2.24) is 19.6 Å². The van der Waals surface area contributed by atoms with E-state index in [1.54, 1.807) is 11.8 Å². The number of halogens is 1. The monoisotopic (exact) mass is 256 g/mol. The van der Waals surface area contributed by atoms with Gasteiger partial charge < -0.3 is 0 Å². The molecule has 0 amide bonds. The first-order valence-electron chi connectivity index (χ1n) is 5.00. The van der Waals surface area contributed by atoms with Gasteiger partial charge >= 0.3 is 0 Å². The van der Waals surface area contributed by atoms with Gasteiger partial charge in [0.05, 0.1) is 5.69 Å². The molecule has 0 bridgehead atoms. The molecule has 0 radical (unpaired) electrons. The van der Waals surface area contributed by atoms with Crippen molar-refractivity contribution in [3.63, 3.8) is 0 Å². The van der Waals surface area contributed by atoms with Gasteiger partial charge in [-0.1, -0.05) is 11.6 Å². The summed E-state index contributed by atoms with van der Waals surface area (Å²) >= 11 is 7.83. The quantitative estimate of drug-likeness (QED) is 0.845. The molecule has 16 heavy (non-hydrogen) atoms. The lowest BCUT2D eigenvalue weighted by atomic mass is 10.3. The lowest BCUT2D eigenvalue weighted by Crippen LogP contribution is -2.04. The first-order chi connectivity index (χ1) is 7.65. The largest absolute Gasteiger partial charge is 0.279 e. The van der Waals surface area contributed by atoms with Crippen LogP contribution in [0.25, 0.3) is 5.65 Å². The van der Waals surface area contributed by atoms with E-state index in [2.05, 4.69) is 21.4 Å². The molecule has 2 aromatic heterocycles. The molecule has 0 aliphatic rings. The van der Waals surface area contributed by atoms with Gasteiger partial charge in [0.1, 0.15) is 5.82 Å². The second-order valence-electron chi connectivity index (χ2n) is 3.59. The number of hydrogen-bond acceptors (Lipinski definition) is 4. The van der Waals surface area contributed by atoms with Crippen LogP contribution in [0.15, 0.2) is 0 Å². The fraction of sp³-hybridized carbons (Fsp3) is 0.500. The van der Waals surface area contributed by atoms with E-state index in [9.17, 15) is 0 Å². The molecule has 2 heterocycles. The minimum Gasteiger partial charge on any atom is -0.279 e. The summed E-state index contributed by atoms with van der Waals surface area (Å²) in [5.74, 6) is 1.98. The van der Waals surface area contributed by atoms with Gasteiger partial charge in [0.25, 0.3) is 0 Å². The van der Waals surface area contributed by atoms with E-state index in [0.717, 1.165) is 29.4 Å². The number of fused-ring (bicyclic) bond motifs is 1. The van der Waals surface area contributed by atoms with Gasteiger partial charge in [0.2, 0.25) is 0 Å². The van der Waals surface area contributed by atoms with Crippen LogP contribution in [0.1, 0.15) is 17.2 Å². The topological polar surface area (TPSA) is 43.1 Å². The minimum atomic E-state index is 0.422. The van der Waals surface area contributed by atoms with Crippen LogP contribution in [-0.2, 0) is 6.42 Å². The van der Waals surface area contributed by atoms with Crippen LogP contribution in [0.5, 0.6) is 0 Å². The maximum Gasteiger partial charge on any atom is 0.198 e. The third kappa shape index (κ3) is 1.89. The van der Waals surface area contributed by atoms with Gasteiger partial charge in [-0.05, 0) is 20.1 Å². The van der Waals surface area contributed by atoms with Crippen molar-refractivity contribution in [2.75, 3.05) is 12.0 Å². The van der Waals surface area contributed by atoms with Crippen molar-refractivity contribution in [1.29, 1.82) is 0 Å². The van der Waals surface area contributed by atoms with Crippen molar-refractivity contribution in [2.24, 2.45) is 0 Å². The molecule has 0 aliphatic heterocycles. The average Bonchev–Trinajstić information content (AvgIpc) is 2.67. The number of aromatic nitrogens is 4. The smallest absolute Gasteiger partial charge is 0.198 e. The molecule has 0 atom stereocenters. The summed E-state index contributed by atoms with van der Waals surface area (Å²) in [5.41, 5.74) is 2.63. The van der Waals surface area contributed by atoms with E-state index < -0.39 is 0 Å². The third-order valence-electron chi connectivity index (χ3n) is 2.57. The number of hydrogen-bond donors (Lipinski definition) is 0. The van der Waals surface area contributed by atoms with Gasteiger partial charge in [-0.15, -0.1) is 10.2 Å². The maximum absolute atomic E-state index is 6.04. The molecule has 0 N–H and O–H groups in total. The Kier molecular flexibility index (Phi) is 3.35. The van der Waals surface area contributed by atoms with Crippen molar-refractivity contribution in [3.05, 3.63) is 22.4 Å². The molecule has 0 saturated heterocycles. The second kappa shape index (κ2) is 4.59. The van der Waals surface area contributed by atoms with E-state index in [1.807, 2.05) is 18.2 Å². The van der Waals surface area contributed by atoms with Gasteiger partial charge in [0.15, 0.2) is 10.8 Å². The highest BCUT2D eigenvalue weighted by molar-refractivity contribution is 7.98. The zero-order valence-electron chi connectivity index (χ0n) is 9.49. The molecule has 0 spiro atoms. The van der Waals surface area contributed by atoms with Crippen LogP contribution < -0.4 is 0 Å². The predicted octanol–water partition coefficient (Wildman–Crippen LogP) is 2.30. The molecule has 6 heteroatoms. The Balaban J connectivity index is 2.60. The maximum atomic E-state index is 6.04. The summed E-state index contributed by atoms with van der Waals surface area (Å²) in [6.45, 7) is 3.95. The summed E-state index contributed by atoms with van der Waals surface area (Å²) in [6, 6.07) is 0.